The molecule has 0 aromatic heterocycles. The Labute approximate surface area is 308 Å². The molecule has 4 aromatic rings. The van der Waals surface area contributed by atoms with E-state index < -0.39 is 23.5 Å². The number of benzene rings is 4. The van der Waals surface area contributed by atoms with Crippen molar-refractivity contribution < 1.29 is 30.7 Å². The van der Waals surface area contributed by atoms with Gasteiger partial charge in [0.1, 0.15) is 5.82 Å². The summed E-state index contributed by atoms with van der Waals surface area (Å²) in [6, 6.07) is 23.1. The Morgan fingerprint density at radius 3 is 1.34 bits per heavy atom. The number of fused-ring (bicyclic) bond motifs is 2. The summed E-state index contributed by atoms with van der Waals surface area (Å²) in [5, 5.41) is 0. The molecule has 0 radical (unpaired) electrons. The van der Waals surface area contributed by atoms with Crippen LogP contribution in [0.5, 0.6) is 0 Å². The van der Waals surface area contributed by atoms with Crippen molar-refractivity contribution in [1.82, 2.24) is 9.80 Å². The Kier molecular flexibility index (Phi) is 10.8. The van der Waals surface area contributed by atoms with Crippen molar-refractivity contribution in [2.24, 2.45) is 0 Å². The predicted octanol–water partition coefficient (Wildman–Crippen LogP) is 11.6. The molecule has 2 nitrogen and oxygen atoms in total. The van der Waals surface area contributed by atoms with Gasteiger partial charge in [-0.2, -0.15) is 26.3 Å². The summed E-state index contributed by atoms with van der Waals surface area (Å²) in [7, 11) is 0. The molecule has 4 unspecified atom stereocenters. The lowest BCUT2D eigenvalue weighted by atomic mass is 9.85. The summed E-state index contributed by atoms with van der Waals surface area (Å²) in [5.74, 6) is -0.172. The standard InChI is InChI=1S/C23H23F6N.C21H24FN/c1-14-3-2-8-30(14)21-7-6-15-9-16(4-5-17(15)12-21)18-10-19(22(24,25)26)13-20(11-18)23(27,28)29;1-15-3-2-12-23(15)21-11-8-18-13-17(4-5-19(18)14-21)16-6-9-20(22)10-7-16/h4-5,9-11,13-14,21H,2-3,6-8,12H2,1H3;4-7,9-10,13,15,21H,2-3,8,11-12,14H2,1H3. The van der Waals surface area contributed by atoms with Crippen LogP contribution in [0, 0.1) is 5.82 Å². The van der Waals surface area contributed by atoms with Gasteiger partial charge >= 0.3 is 12.4 Å². The molecule has 9 heteroatoms. The number of hydrogen-bond donors (Lipinski definition) is 0. The van der Waals surface area contributed by atoms with Crippen LogP contribution in [-0.2, 0) is 38.0 Å². The Morgan fingerprint density at radius 1 is 0.491 bits per heavy atom. The summed E-state index contributed by atoms with van der Waals surface area (Å²) in [6.45, 7) is 6.97. The van der Waals surface area contributed by atoms with Gasteiger partial charge in [0.25, 0.3) is 0 Å². The van der Waals surface area contributed by atoms with Crippen LogP contribution in [0.1, 0.15) is 85.8 Å². The minimum absolute atomic E-state index is 0.0600. The molecular weight excluding hydrogens is 689 g/mol. The predicted molar refractivity (Wildman–Crippen MR) is 196 cm³/mol. The minimum Gasteiger partial charge on any atom is -0.297 e. The molecule has 0 spiro atoms. The van der Waals surface area contributed by atoms with Crippen molar-refractivity contribution in [3.63, 3.8) is 0 Å². The van der Waals surface area contributed by atoms with Crippen LogP contribution in [0.15, 0.2) is 78.9 Å². The first kappa shape index (κ1) is 37.6. The zero-order chi connectivity index (χ0) is 37.5. The first-order valence-corrected chi connectivity index (χ1v) is 19.0. The molecule has 282 valence electrons. The number of hydrogen-bond acceptors (Lipinski definition) is 2. The maximum absolute atomic E-state index is 13.2. The molecule has 0 bridgehead atoms. The molecule has 4 atom stereocenters. The lowest BCUT2D eigenvalue weighted by Crippen LogP contribution is -2.41. The van der Waals surface area contributed by atoms with Crippen molar-refractivity contribution in [2.75, 3.05) is 13.1 Å². The van der Waals surface area contributed by atoms with E-state index in [1.807, 2.05) is 18.2 Å². The van der Waals surface area contributed by atoms with E-state index in [9.17, 15) is 30.7 Å². The van der Waals surface area contributed by atoms with E-state index >= 15 is 0 Å². The Morgan fingerprint density at radius 2 is 0.925 bits per heavy atom. The highest BCUT2D eigenvalue weighted by Crippen LogP contribution is 2.40. The molecule has 2 aliphatic heterocycles. The van der Waals surface area contributed by atoms with Crippen LogP contribution < -0.4 is 0 Å². The van der Waals surface area contributed by atoms with Crippen molar-refractivity contribution in [1.29, 1.82) is 0 Å². The van der Waals surface area contributed by atoms with Gasteiger partial charge in [0, 0.05) is 24.2 Å². The number of rotatable bonds is 4. The van der Waals surface area contributed by atoms with Gasteiger partial charge < -0.3 is 0 Å². The fourth-order valence-electron chi connectivity index (χ4n) is 9.16. The highest BCUT2D eigenvalue weighted by molar-refractivity contribution is 5.68. The molecule has 0 saturated carbocycles. The number of likely N-dealkylation sites (tertiary alicyclic amines) is 2. The van der Waals surface area contributed by atoms with Crippen LogP contribution in [0.3, 0.4) is 0 Å². The van der Waals surface area contributed by atoms with E-state index in [4.69, 9.17) is 0 Å². The van der Waals surface area contributed by atoms with Crippen molar-refractivity contribution in [2.45, 2.75) is 115 Å². The van der Waals surface area contributed by atoms with Crippen molar-refractivity contribution >= 4 is 0 Å². The third-order valence-electron chi connectivity index (χ3n) is 12.1. The van der Waals surface area contributed by atoms with Gasteiger partial charge in [-0.3, -0.25) is 9.80 Å². The summed E-state index contributed by atoms with van der Waals surface area (Å²) in [4.78, 5) is 5.25. The third-order valence-corrected chi connectivity index (χ3v) is 12.1. The topological polar surface area (TPSA) is 6.48 Å². The summed E-state index contributed by atoms with van der Waals surface area (Å²) in [6.07, 6.45) is 1.63. The van der Waals surface area contributed by atoms with Gasteiger partial charge in [-0.15, -0.1) is 0 Å². The minimum atomic E-state index is -4.84. The first-order valence-electron chi connectivity index (χ1n) is 19.0. The molecule has 2 aliphatic carbocycles. The van der Waals surface area contributed by atoms with Crippen LogP contribution in [0.25, 0.3) is 22.3 Å². The van der Waals surface area contributed by atoms with Crippen molar-refractivity contribution in [3.8, 4) is 22.3 Å². The quantitative estimate of drug-likeness (QED) is 0.193. The zero-order valence-corrected chi connectivity index (χ0v) is 30.3. The third kappa shape index (κ3) is 8.51. The highest BCUT2D eigenvalue weighted by atomic mass is 19.4. The molecule has 0 amide bonds. The molecule has 2 fully saturated rings. The van der Waals surface area contributed by atoms with E-state index in [-0.39, 0.29) is 17.4 Å². The average Bonchev–Trinajstić information content (AvgIpc) is 3.78. The molecule has 2 heterocycles. The Bertz CT molecular complexity index is 1870. The maximum atomic E-state index is 13.2. The monoisotopic (exact) mass is 736 g/mol. The first-order chi connectivity index (χ1) is 25.2. The Hall–Kier alpha value is -3.69. The second-order valence-electron chi connectivity index (χ2n) is 15.5. The van der Waals surface area contributed by atoms with Gasteiger partial charge in [0.15, 0.2) is 0 Å². The lowest BCUT2D eigenvalue weighted by molar-refractivity contribution is -0.143. The normalized spacial score (nSPS) is 23.6. The second-order valence-corrected chi connectivity index (χ2v) is 15.5. The number of nitrogens with zero attached hydrogens (tertiary/aromatic N) is 2. The van der Waals surface area contributed by atoms with Gasteiger partial charge in [0.2, 0.25) is 0 Å². The smallest absolute Gasteiger partial charge is 0.297 e. The van der Waals surface area contributed by atoms with Crippen LogP contribution >= 0.6 is 0 Å². The summed E-state index contributed by atoms with van der Waals surface area (Å²) >= 11 is 0. The summed E-state index contributed by atoms with van der Waals surface area (Å²) < 4.78 is 92.1. The van der Waals surface area contributed by atoms with E-state index in [2.05, 4.69) is 41.8 Å². The highest BCUT2D eigenvalue weighted by Gasteiger charge is 2.37. The van der Waals surface area contributed by atoms with Gasteiger partial charge in [-0.05, 0) is 166 Å². The fourth-order valence-corrected chi connectivity index (χ4v) is 9.16. The Balaban J connectivity index is 0.000000170. The van der Waals surface area contributed by atoms with Gasteiger partial charge in [-0.1, -0.05) is 48.5 Å². The molecule has 4 aliphatic rings. The molecule has 8 rings (SSSR count). The van der Waals surface area contributed by atoms with Crippen molar-refractivity contribution in [3.05, 3.63) is 118 Å². The van der Waals surface area contributed by atoms with Crippen LogP contribution in [0.4, 0.5) is 30.7 Å². The largest absolute Gasteiger partial charge is 0.416 e. The van der Waals surface area contributed by atoms with Gasteiger partial charge in [-0.25, -0.2) is 4.39 Å². The summed E-state index contributed by atoms with van der Waals surface area (Å²) in [5.41, 5.74) is 5.20. The van der Waals surface area contributed by atoms with Crippen LogP contribution in [0.2, 0.25) is 0 Å². The van der Waals surface area contributed by atoms with Gasteiger partial charge in [0.05, 0.1) is 11.1 Å². The molecular formula is C44H47F7N2. The van der Waals surface area contributed by atoms with E-state index in [0.717, 1.165) is 73.1 Å². The van der Waals surface area contributed by atoms with E-state index in [0.29, 0.717) is 17.6 Å². The van der Waals surface area contributed by atoms with Crippen LogP contribution in [-0.4, -0.2) is 47.1 Å². The van der Waals surface area contributed by atoms with E-state index in [1.165, 1.54) is 61.8 Å². The molecule has 53 heavy (non-hydrogen) atoms. The fraction of sp³-hybridized carbons (Fsp3) is 0.455. The molecule has 2 saturated heterocycles. The average molecular weight is 737 g/mol. The molecule has 4 aromatic carbocycles. The number of halogens is 7. The number of alkyl halides is 6. The van der Waals surface area contributed by atoms with E-state index in [1.54, 1.807) is 24.3 Å². The second kappa shape index (κ2) is 15.2. The zero-order valence-electron chi connectivity index (χ0n) is 30.3. The lowest BCUT2D eigenvalue weighted by Gasteiger charge is -2.35. The number of aryl methyl sites for hydroxylation is 2. The SMILES string of the molecule is CC1CCCN1C1CCc2cc(-c3cc(C(F)(F)F)cc(C(F)(F)F)c3)ccc2C1.CC1CCCN1C1CCc2cc(-c3ccc(F)cc3)ccc2C1. The molecule has 0 N–H and O–H groups in total. The maximum Gasteiger partial charge on any atom is 0.416 e.